The minimum Gasteiger partial charge on any atom is -0.444 e. The topological polar surface area (TPSA) is 97.0 Å². The summed E-state index contributed by atoms with van der Waals surface area (Å²) < 4.78 is 33.7. The molecule has 1 atom stereocenters. The lowest BCUT2D eigenvalue weighted by Gasteiger charge is -2.23. The number of rotatable bonds is 4. The molecule has 0 aliphatic rings. The molecule has 9 heteroatoms. The summed E-state index contributed by atoms with van der Waals surface area (Å²) in [6, 6.07) is 11.3. The number of halogens is 2. The van der Waals surface area contributed by atoms with Gasteiger partial charge in [-0.05, 0) is 52.0 Å². The van der Waals surface area contributed by atoms with E-state index in [-0.39, 0.29) is 28.0 Å². The van der Waals surface area contributed by atoms with Crippen molar-refractivity contribution in [2.24, 2.45) is 0 Å². The van der Waals surface area contributed by atoms with Crippen LogP contribution in [0.5, 0.6) is 0 Å². The van der Waals surface area contributed by atoms with Gasteiger partial charge in [-0.25, -0.2) is 18.6 Å². The average Bonchev–Trinajstić information content (AvgIpc) is 2.71. The maximum atomic E-state index is 13.6. The van der Waals surface area contributed by atoms with Gasteiger partial charge < -0.3 is 10.1 Å². The fourth-order valence-electron chi connectivity index (χ4n) is 3.26. The van der Waals surface area contributed by atoms with Gasteiger partial charge in [0.2, 0.25) is 0 Å². The summed E-state index contributed by atoms with van der Waals surface area (Å²) in [5.74, 6) is 0.106. The fourth-order valence-corrected chi connectivity index (χ4v) is 3.26. The number of hydrogen-bond acceptors (Lipinski definition) is 5. The van der Waals surface area contributed by atoms with Crippen LogP contribution in [0.3, 0.4) is 0 Å². The highest BCUT2D eigenvalue weighted by molar-refractivity contribution is 5.82. The second kappa shape index (κ2) is 8.75. The molecular formula is C23H22F2N4O3. The highest BCUT2D eigenvalue weighted by Gasteiger charge is 2.25. The first-order valence-electron chi connectivity index (χ1n) is 9.85. The van der Waals surface area contributed by atoms with E-state index in [0.717, 1.165) is 4.57 Å². The van der Waals surface area contributed by atoms with Gasteiger partial charge in [-0.3, -0.25) is 9.36 Å². The maximum Gasteiger partial charge on any atom is 0.408 e. The molecule has 0 spiro atoms. The Hall–Kier alpha value is -3.80. The zero-order chi connectivity index (χ0) is 23.6. The molecule has 0 saturated heterocycles. The number of nitrogens with zero attached hydrogens (tertiary/aromatic N) is 3. The van der Waals surface area contributed by atoms with Crippen LogP contribution in [0.2, 0.25) is 0 Å². The van der Waals surface area contributed by atoms with Crippen LogP contribution in [0, 0.1) is 11.3 Å². The van der Waals surface area contributed by atoms with Gasteiger partial charge in [0, 0.05) is 5.56 Å². The molecular weight excluding hydrogens is 418 g/mol. The van der Waals surface area contributed by atoms with Gasteiger partial charge in [0.15, 0.2) is 0 Å². The third-order valence-electron chi connectivity index (χ3n) is 4.54. The van der Waals surface area contributed by atoms with E-state index in [0.29, 0.717) is 0 Å². The minimum absolute atomic E-state index is 0.0772. The summed E-state index contributed by atoms with van der Waals surface area (Å²) in [7, 11) is 0. The number of carbonyl (C=O) groups is 1. The van der Waals surface area contributed by atoms with Gasteiger partial charge in [-0.1, -0.05) is 18.2 Å². The van der Waals surface area contributed by atoms with Crippen LogP contribution in [0.1, 0.15) is 57.1 Å². The molecule has 0 unspecified atom stereocenters. The van der Waals surface area contributed by atoms with E-state index in [2.05, 4.69) is 10.3 Å². The van der Waals surface area contributed by atoms with E-state index < -0.39 is 35.3 Å². The first kappa shape index (κ1) is 22.9. The van der Waals surface area contributed by atoms with Gasteiger partial charge >= 0.3 is 6.09 Å². The first-order chi connectivity index (χ1) is 15.0. The minimum atomic E-state index is -2.88. The molecule has 0 radical (unpaired) electrons. The van der Waals surface area contributed by atoms with Crippen molar-refractivity contribution in [3.8, 4) is 11.8 Å². The van der Waals surface area contributed by atoms with E-state index in [1.807, 2.05) is 6.07 Å². The summed E-state index contributed by atoms with van der Waals surface area (Å²) in [5.41, 5.74) is -1.30. The zero-order valence-electron chi connectivity index (χ0n) is 18.0. The van der Waals surface area contributed by atoms with E-state index in [1.54, 1.807) is 45.9 Å². The summed E-state index contributed by atoms with van der Waals surface area (Å²) in [6.45, 7) is 6.72. The lowest BCUT2D eigenvalue weighted by molar-refractivity contribution is 0.0505. The molecule has 0 aliphatic carbocycles. The van der Waals surface area contributed by atoms with Gasteiger partial charge in [0.25, 0.3) is 12.0 Å². The third-order valence-corrected chi connectivity index (χ3v) is 4.54. The molecule has 0 saturated carbocycles. The summed E-state index contributed by atoms with van der Waals surface area (Å²) in [6.07, 6.45) is -3.60. The summed E-state index contributed by atoms with van der Waals surface area (Å²) in [5, 5.41) is 11.6. The van der Waals surface area contributed by atoms with Crippen LogP contribution in [0.25, 0.3) is 16.6 Å². The Bertz CT molecular complexity index is 1270. The number of carbonyl (C=O) groups excluding carboxylic acids is 1. The molecule has 3 rings (SSSR count). The van der Waals surface area contributed by atoms with Crippen molar-refractivity contribution in [3.05, 3.63) is 69.8 Å². The zero-order valence-corrected chi connectivity index (χ0v) is 18.0. The van der Waals surface area contributed by atoms with Crippen molar-refractivity contribution in [1.82, 2.24) is 14.9 Å². The summed E-state index contributed by atoms with van der Waals surface area (Å²) in [4.78, 5) is 30.2. The van der Waals surface area contributed by atoms with Crippen molar-refractivity contribution in [2.75, 3.05) is 0 Å². The number of ether oxygens (including phenoxy) is 1. The Morgan fingerprint density at radius 3 is 2.53 bits per heavy atom. The lowest BCUT2D eigenvalue weighted by Crippen LogP contribution is -2.37. The van der Waals surface area contributed by atoms with Crippen LogP contribution in [-0.4, -0.2) is 21.2 Å². The van der Waals surface area contributed by atoms with Crippen molar-refractivity contribution in [3.63, 3.8) is 0 Å². The van der Waals surface area contributed by atoms with Gasteiger partial charge in [0.05, 0.1) is 34.3 Å². The van der Waals surface area contributed by atoms with Crippen LogP contribution in [0.15, 0.2) is 47.3 Å². The molecule has 2 aromatic carbocycles. The third kappa shape index (κ3) is 4.75. The Balaban J connectivity index is 2.26. The van der Waals surface area contributed by atoms with Crippen LogP contribution < -0.4 is 10.9 Å². The lowest BCUT2D eigenvalue weighted by atomic mass is 10.1. The number of fused-ring (bicyclic) bond motifs is 1. The fraction of sp³-hybridized carbons (Fsp3) is 0.304. The molecule has 3 aromatic rings. The van der Waals surface area contributed by atoms with E-state index >= 15 is 0 Å². The predicted molar refractivity (Wildman–Crippen MR) is 115 cm³/mol. The van der Waals surface area contributed by atoms with E-state index in [1.165, 1.54) is 24.3 Å². The van der Waals surface area contributed by atoms with Crippen molar-refractivity contribution in [1.29, 1.82) is 5.26 Å². The number of amides is 1. The van der Waals surface area contributed by atoms with E-state index in [9.17, 15) is 23.6 Å². The van der Waals surface area contributed by atoms with Gasteiger partial charge in [0.1, 0.15) is 11.4 Å². The standard InChI is InChI=1S/C23H22F2N4O3/c1-13(27-22(31)32-23(2,3)4)20-28-17-10-6-9-16(19(24)25)18(17)21(30)29(20)15-8-5-7-14(11-15)12-26/h5-11,13,19H,1-4H3,(H,27,31)/t13-/m0/s1. The Morgan fingerprint density at radius 2 is 1.91 bits per heavy atom. The van der Waals surface area contributed by atoms with Crippen LogP contribution in [-0.2, 0) is 4.74 Å². The predicted octanol–water partition coefficient (Wildman–Crippen LogP) is 4.78. The average molecular weight is 440 g/mol. The van der Waals surface area contributed by atoms with E-state index in [4.69, 9.17) is 4.74 Å². The second-order valence-corrected chi connectivity index (χ2v) is 8.18. The molecule has 1 amide bonds. The molecule has 0 fully saturated rings. The van der Waals surface area contributed by atoms with Crippen molar-refractivity contribution >= 4 is 17.0 Å². The SMILES string of the molecule is C[C@H](NC(=O)OC(C)(C)C)c1nc2cccc(C(F)F)c2c(=O)n1-c1cccc(C#N)c1. The molecule has 1 heterocycles. The second-order valence-electron chi connectivity index (χ2n) is 8.18. The molecule has 166 valence electrons. The Labute approximate surface area is 183 Å². The highest BCUT2D eigenvalue weighted by Crippen LogP contribution is 2.27. The van der Waals surface area contributed by atoms with Crippen molar-refractivity contribution in [2.45, 2.75) is 45.8 Å². The number of nitrogens with one attached hydrogen (secondary N) is 1. The van der Waals surface area contributed by atoms with Gasteiger partial charge in [-0.2, -0.15) is 5.26 Å². The monoisotopic (exact) mass is 440 g/mol. The molecule has 0 aliphatic heterocycles. The first-order valence-corrected chi connectivity index (χ1v) is 9.85. The smallest absolute Gasteiger partial charge is 0.408 e. The van der Waals surface area contributed by atoms with Crippen LogP contribution in [0.4, 0.5) is 13.6 Å². The molecule has 32 heavy (non-hydrogen) atoms. The maximum absolute atomic E-state index is 13.6. The van der Waals surface area contributed by atoms with Crippen LogP contribution >= 0.6 is 0 Å². The molecule has 0 bridgehead atoms. The van der Waals surface area contributed by atoms with Gasteiger partial charge in [-0.15, -0.1) is 0 Å². The number of nitriles is 1. The number of aromatic nitrogens is 2. The largest absolute Gasteiger partial charge is 0.444 e. The molecule has 1 aromatic heterocycles. The van der Waals surface area contributed by atoms with Crippen molar-refractivity contribution < 1.29 is 18.3 Å². The number of alkyl halides is 2. The molecule has 7 nitrogen and oxygen atoms in total. The molecule has 1 N–H and O–H groups in total. The Morgan fingerprint density at radius 1 is 1.22 bits per heavy atom. The Kier molecular flexibility index (Phi) is 6.25. The normalized spacial score (nSPS) is 12.4. The number of benzene rings is 2. The number of alkyl carbamates (subject to hydrolysis) is 1. The number of hydrogen-bond donors (Lipinski definition) is 1. The quantitative estimate of drug-likeness (QED) is 0.630. The summed E-state index contributed by atoms with van der Waals surface area (Å²) >= 11 is 0. The highest BCUT2D eigenvalue weighted by atomic mass is 19.3.